The van der Waals surface area contributed by atoms with E-state index in [0.717, 1.165) is 16.8 Å². The van der Waals surface area contributed by atoms with Gasteiger partial charge < -0.3 is 36.8 Å². The molecule has 0 bridgehead atoms. The number of ether oxygens (including phenoxy) is 1. The van der Waals surface area contributed by atoms with Crippen LogP contribution in [0.25, 0.3) is 0 Å². The maximum absolute atomic E-state index is 13.9. The highest BCUT2D eigenvalue weighted by atomic mass is 16.5. The molecular formula is C36H53N5O5. The van der Waals surface area contributed by atoms with Gasteiger partial charge >= 0.3 is 5.97 Å². The molecule has 2 rings (SSSR count). The number of nitrogens with zero attached hydrogens (tertiary/aromatic N) is 1. The maximum atomic E-state index is 13.9. The number of nitrogen functional groups attached to an aromatic ring is 1. The molecule has 0 fully saturated rings. The van der Waals surface area contributed by atoms with Crippen LogP contribution in [0, 0.1) is 11.3 Å². The van der Waals surface area contributed by atoms with E-state index in [1.807, 2.05) is 110 Å². The summed E-state index contributed by atoms with van der Waals surface area (Å²) in [5.41, 5.74) is 14.3. The molecule has 2 aromatic carbocycles. The van der Waals surface area contributed by atoms with Crippen LogP contribution < -0.4 is 22.1 Å². The second-order valence-corrected chi connectivity index (χ2v) is 13.7. The van der Waals surface area contributed by atoms with E-state index in [2.05, 4.69) is 10.6 Å². The fourth-order valence-electron chi connectivity index (χ4n) is 4.92. The molecule has 2 aromatic rings. The average molecular weight is 636 g/mol. The molecule has 0 heterocycles. The topological polar surface area (TPSA) is 160 Å². The molecule has 46 heavy (non-hydrogen) atoms. The third-order valence-corrected chi connectivity index (χ3v) is 8.21. The Morgan fingerprint density at radius 2 is 1.65 bits per heavy atom. The highest BCUT2D eigenvalue weighted by molar-refractivity contribution is 5.91. The summed E-state index contributed by atoms with van der Waals surface area (Å²) in [7, 11) is 1.63. The van der Waals surface area contributed by atoms with Crippen molar-refractivity contribution in [1.29, 1.82) is 0 Å². The second-order valence-electron chi connectivity index (χ2n) is 13.7. The number of carbonyl (C=O) groups is 3. The van der Waals surface area contributed by atoms with Crippen LogP contribution in [0.3, 0.4) is 0 Å². The van der Waals surface area contributed by atoms with Crippen LogP contribution in [-0.2, 0) is 31.1 Å². The molecule has 1 unspecified atom stereocenters. The number of likely N-dealkylation sites (N-methyl/N-ethyl adjacent to an activating group) is 1. The highest BCUT2D eigenvalue weighted by Crippen LogP contribution is 2.30. The fourth-order valence-corrected chi connectivity index (χ4v) is 4.92. The lowest BCUT2D eigenvalue weighted by Gasteiger charge is -2.39. The number of nitrogens with two attached hydrogens (primary N) is 2. The number of carboxylic acid groups (broad SMARTS) is 1. The van der Waals surface area contributed by atoms with Gasteiger partial charge in [-0.25, -0.2) is 4.79 Å². The molecule has 0 aliphatic heterocycles. The van der Waals surface area contributed by atoms with Gasteiger partial charge in [0.15, 0.2) is 5.88 Å². The van der Waals surface area contributed by atoms with Crippen LogP contribution in [0.1, 0.15) is 73.4 Å². The number of aliphatic carboxylic acids is 1. The molecule has 10 heteroatoms. The first-order chi connectivity index (χ1) is 21.3. The van der Waals surface area contributed by atoms with E-state index >= 15 is 0 Å². The van der Waals surface area contributed by atoms with Crippen molar-refractivity contribution in [2.45, 2.75) is 92.5 Å². The third kappa shape index (κ3) is 10.1. The van der Waals surface area contributed by atoms with E-state index in [1.165, 1.54) is 11.8 Å². The van der Waals surface area contributed by atoms with Gasteiger partial charge in [-0.1, -0.05) is 78.8 Å². The highest BCUT2D eigenvalue weighted by Gasteiger charge is 2.41. The Balaban J connectivity index is 2.24. The van der Waals surface area contributed by atoms with E-state index in [0.29, 0.717) is 18.2 Å². The molecular weight excluding hydrogens is 582 g/mol. The molecule has 0 radical (unpaired) electrons. The van der Waals surface area contributed by atoms with Crippen molar-refractivity contribution in [2.24, 2.45) is 17.1 Å². The number of anilines is 2. The summed E-state index contributed by atoms with van der Waals surface area (Å²) in [4.78, 5) is 40.6. The maximum Gasteiger partial charge on any atom is 0.331 e. The van der Waals surface area contributed by atoms with Gasteiger partial charge in [-0.2, -0.15) is 0 Å². The van der Waals surface area contributed by atoms with Crippen LogP contribution in [0.15, 0.2) is 72.1 Å². The zero-order chi connectivity index (χ0) is 35.0. The average Bonchev–Trinajstić information content (AvgIpc) is 2.99. The molecule has 7 N–H and O–H groups in total. The first kappa shape index (κ1) is 37.9. The summed E-state index contributed by atoms with van der Waals surface area (Å²) in [6, 6.07) is 12.7. The monoisotopic (exact) mass is 635 g/mol. The molecule has 0 saturated heterocycles. The van der Waals surface area contributed by atoms with Crippen LogP contribution in [0.2, 0.25) is 0 Å². The summed E-state index contributed by atoms with van der Waals surface area (Å²) in [5, 5.41) is 15.6. The lowest BCUT2D eigenvalue weighted by atomic mass is 9.77. The van der Waals surface area contributed by atoms with Crippen molar-refractivity contribution < 1.29 is 24.2 Å². The number of amides is 2. The van der Waals surface area contributed by atoms with Crippen molar-refractivity contribution in [2.75, 3.05) is 18.1 Å². The van der Waals surface area contributed by atoms with Gasteiger partial charge in [0.2, 0.25) is 11.8 Å². The minimum atomic E-state index is -1.05. The van der Waals surface area contributed by atoms with E-state index < -0.39 is 40.8 Å². The van der Waals surface area contributed by atoms with Gasteiger partial charge in [0.05, 0.1) is 12.1 Å². The summed E-state index contributed by atoms with van der Waals surface area (Å²) in [6.07, 6.45) is 3.40. The van der Waals surface area contributed by atoms with E-state index in [1.54, 1.807) is 13.1 Å². The quantitative estimate of drug-likeness (QED) is 0.105. The number of benzene rings is 2. The predicted octanol–water partition coefficient (Wildman–Crippen LogP) is 5.41. The van der Waals surface area contributed by atoms with E-state index in [9.17, 15) is 19.5 Å². The predicted molar refractivity (Wildman–Crippen MR) is 185 cm³/mol. The summed E-state index contributed by atoms with van der Waals surface area (Å²) in [5.74, 6) is -1.34. The van der Waals surface area contributed by atoms with Gasteiger partial charge in [0, 0.05) is 29.4 Å². The zero-order valence-corrected chi connectivity index (χ0v) is 29.0. The second kappa shape index (κ2) is 15.8. The molecule has 2 amide bonds. The summed E-state index contributed by atoms with van der Waals surface area (Å²) in [6.45, 7) is 16.9. The smallest absolute Gasteiger partial charge is 0.331 e. The third-order valence-electron chi connectivity index (χ3n) is 8.21. The molecule has 252 valence electrons. The Kier molecular flexibility index (Phi) is 13.0. The number of carbonyl (C=O) groups excluding carboxylic acids is 2. The standard InChI is InChI=1S/C36H53N5O5/c1-11-29(46-21-24-15-17-26(37)18-16-24)39-27-14-12-13-25(20-27)36(8,9)30(38)32(42)40-31(35(5,6)7)33(43)41(10)28(22(2)3)19-23(4)34(44)45/h11-20,22,28,30-31,39H,21,37-38H2,1-10H3,(H,40,42)(H,44,45)/b23-19+,29-11+/t28-,30-,31?/m1/s1. The molecule has 3 atom stereocenters. The van der Waals surface area contributed by atoms with Crippen molar-refractivity contribution in [1.82, 2.24) is 10.2 Å². The number of carboxylic acids is 1. The van der Waals surface area contributed by atoms with E-state index in [-0.39, 0.29) is 17.4 Å². The van der Waals surface area contributed by atoms with Crippen molar-refractivity contribution >= 4 is 29.2 Å². The Hall–Kier alpha value is -4.31. The van der Waals surface area contributed by atoms with Crippen LogP contribution >= 0.6 is 0 Å². The minimum absolute atomic E-state index is 0.0622. The Morgan fingerprint density at radius 1 is 1.04 bits per heavy atom. The molecule has 10 nitrogen and oxygen atoms in total. The normalized spacial score (nSPS) is 14.7. The van der Waals surface area contributed by atoms with Gasteiger partial charge in [0.1, 0.15) is 12.6 Å². The van der Waals surface area contributed by atoms with Gasteiger partial charge in [-0.3, -0.25) is 9.59 Å². The summed E-state index contributed by atoms with van der Waals surface area (Å²) >= 11 is 0. The Bertz CT molecular complexity index is 1420. The number of rotatable bonds is 14. The lowest BCUT2D eigenvalue weighted by Crippen LogP contribution is -2.61. The zero-order valence-electron chi connectivity index (χ0n) is 29.0. The minimum Gasteiger partial charge on any atom is -0.478 e. The number of nitrogens with one attached hydrogen (secondary N) is 2. The number of allylic oxidation sites excluding steroid dienone is 1. The van der Waals surface area contributed by atoms with Crippen LogP contribution in [0.4, 0.5) is 11.4 Å². The molecule has 0 saturated carbocycles. The van der Waals surface area contributed by atoms with Crippen molar-refractivity contribution in [3.63, 3.8) is 0 Å². The van der Waals surface area contributed by atoms with Gasteiger partial charge in [-0.05, 0) is 66.6 Å². The van der Waals surface area contributed by atoms with Crippen molar-refractivity contribution in [3.8, 4) is 0 Å². The SMILES string of the molecule is C/C=C(\Nc1cccc(C(C)(C)[C@H](N)C(=O)NC(C(=O)N(C)[C@H](/C=C(\C)C(=O)O)C(C)C)C(C)(C)C)c1)OCc1ccc(N)cc1. The molecule has 0 aliphatic carbocycles. The lowest BCUT2D eigenvalue weighted by molar-refractivity contribution is -0.140. The van der Waals surface area contributed by atoms with E-state index in [4.69, 9.17) is 16.2 Å². The molecule has 0 aromatic heterocycles. The Morgan fingerprint density at radius 3 is 2.17 bits per heavy atom. The first-order valence-corrected chi connectivity index (χ1v) is 15.5. The van der Waals surface area contributed by atoms with Crippen LogP contribution in [-0.4, -0.2) is 53.0 Å². The van der Waals surface area contributed by atoms with Crippen molar-refractivity contribution in [3.05, 3.63) is 83.3 Å². The summed E-state index contributed by atoms with van der Waals surface area (Å²) < 4.78 is 5.97. The number of hydrogen-bond donors (Lipinski definition) is 5. The molecule has 0 aliphatic rings. The first-order valence-electron chi connectivity index (χ1n) is 15.5. The Labute approximate surface area is 274 Å². The largest absolute Gasteiger partial charge is 0.478 e. The van der Waals surface area contributed by atoms with Gasteiger partial charge in [0.25, 0.3) is 0 Å². The number of hydrogen-bond acceptors (Lipinski definition) is 7. The van der Waals surface area contributed by atoms with Crippen LogP contribution in [0.5, 0.6) is 0 Å². The molecule has 0 spiro atoms. The van der Waals surface area contributed by atoms with Gasteiger partial charge in [-0.15, -0.1) is 0 Å². The fraction of sp³-hybridized carbons (Fsp3) is 0.472.